The van der Waals surface area contributed by atoms with Crippen molar-refractivity contribution < 1.29 is 0 Å². The molecule has 0 fully saturated rings. The topological polar surface area (TPSA) is 40.7 Å². The molecule has 3 nitrogen and oxygen atoms in total. The Hall–Kier alpha value is -1.97. The molecular formula is C16H13Cl2N3. The minimum atomic E-state index is 0.571. The number of hydrogen-bond acceptors (Lipinski definition) is 2. The van der Waals surface area contributed by atoms with Crippen LogP contribution < -0.4 is 5.32 Å². The summed E-state index contributed by atoms with van der Waals surface area (Å²) < 4.78 is 0. The van der Waals surface area contributed by atoms with E-state index in [-0.39, 0.29) is 0 Å². The molecule has 0 saturated carbocycles. The van der Waals surface area contributed by atoms with Gasteiger partial charge in [0.05, 0.1) is 15.7 Å². The normalized spacial score (nSPS) is 10.6. The zero-order chi connectivity index (χ0) is 14.7. The first-order chi connectivity index (χ1) is 10.2. The smallest absolute Gasteiger partial charge is 0.0650 e. The molecule has 3 aromatic rings. The van der Waals surface area contributed by atoms with Crippen LogP contribution in [0.5, 0.6) is 0 Å². The van der Waals surface area contributed by atoms with E-state index in [1.165, 1.54) is 0 Å². The summed E-state index contributed by atoms with van der Waals surface area (Å²) in [5.41, 5.74) is 4.20. The lowest BCUT2D eigenvalue weighted by molar-refractivity contribution is 1.09. The highest BCUT2D eigenvalue weighted by molar-refractivity contribution is 6.42. The predicted molar refractivity (Wildman–Crippen MR) is 87.8 cm³/mol. The Labute approximate surface area is 132 Å². The molecule has 2 N–H and O–H groups in total. The largest absolute Gasteiger partial charge is 0.381 e. The van der Waals surface area contributed by atoms with Gasteiger partial charge in [-0.2, -0.15) is 5.10 Å². The number of H-pyrrole nitrogens is 1. The minimum Gasteiger partial charge on any atom is -0.381 e. The molecule has 0 aliphatic rings. The molecule has 0 amide bonds. The lowest BCUT2D eigenvalue weighted by Gasteiger charge is -2.09. The van der Waals surface area contributed by atoms with Crippen molar-refractivity contribution in [2.45, 2.75) is 6.54 Å². The summed E-state index contributed by atoms with van der Waals surface area (Å²) >= 11 is 11.9. The molecular weight excluding hydrogens is 305 g/mol. The van der Waals surface area contributed by atoms with Crippen molar-refractivity contribution in [2.75, 3.05) is 5.32 Å². The van der Waals surface area contributed by atoms with Gasteiger partial charge in [0.1, 0.15) is 0 Å². The molecule has 106 valence electrons. The second-order valence-electron chi connectivity index (χ2n) is 4.65. The lowest BCUT2D eigenvalue weighted by Crippen LogP contribution is -1.99. The van der Waals surface area contributed by atoms with E-state index in [4.69, 9.17) is 23.2 Å². The maximum absolute atomic E-state index is 6.02. The molecule has 1 aromatic heterocycles. The molecule has 0 unspecified atom stereocenters. The van der Waals surface area contributed by atoms with Gasteiger partial charge in [-0.15, -0.1) is 0 Å². The summed E-state index contributed by atoms with van der Waals surface area (Å²) in [6.07, 6.45) is 1.74. The molecule has 0 atom stereocenters. The van der Waals surface area contributed by atoms with Crippen LogP contribution in [0.3, 0.4) is 0 Å². The quantitative estimate of drug-likeness (QED) is 0.711. The van der Waals surface area contributed by atoms with E-state index >= 15 is 0 Å². The number of nitrogens with zero attached hydrogens (tertiary/aromatic N) is 1. The predicted octanol–water partition coefficient (Wildman–Crippen LogP) is 5.00. The van der Waals surface area contributed by atoms with Gasteiger partial charge >= 0.3 is 0 Å². The fraction of sp³-hybridized carbons (Fsp3) is 0.0625. The third-order valence-electron chi connectivity index (χ3n) is 3.15. The molecule has 5 heteroatoms. The third-order valence-corrected chi connectivity index (χ3v) is 3.89. The fourth-order valence-corrected chi connectivity index (χ4v) is 2.39. The van der Waals surface area contributed by atoms with Crippen molar-refractivity contribution in [3.05, 3.63) is 70.3 Å². The van der Waals surface area contributed by atoms with Crippen LogP contribution >= 0.6 is 23.2 Å². The highest BCUT2D eigenvalue weighted by Crippen LogP contribution is 2.24. The second kappa shape index (κ2) is 6.20. The van der Waals surface area contributed by atoms with Gasteiger partial charge in [0.2, 0.25) is 0 Å². The van der Waals surface area contributed by atoms with Gasteiger partial charge in [-0.3, -0.25) is 5.10 Å². The van der Waals surface area contributed by atoms with Gasteiger partial charge < -0.3 is 5.32 Å². The number of aromatic amines is 1. The summed E-state index contributed by atoms with van der Waals surface area (Å²) in [5, 5.41) is 11.4. The molecule has 3 rings (SSSR count). The molecule has 0 aliphatic heterocycles. The van der Waals surface area contributed by atoms with Gasteiger partial charge in [-0.25, -0.2) is 0 Å². The monoisotopic (exact) mass is 317 g/mol. The van der Waals surface area contributed by atoms with Crippen molar-refractivity contribution in [3.8, 4) is 11.3 Å². The number of nitrogens with one attached hydrogen (secondary N) is 2. The molecule has 0 radical (unpaired) electrons. The van der Waals surface area contributed by atoms with Crippen molar-refractivity contribution in [1.82, 2.24) is 10.2 Å². The van der Waals surface area contributed by atoms with E-state index in [0.29, 0.717) is 16.6 Å². The number of halogens is 2. The average molecular weight is 318 g/mol. The second-order valence-corrected chi connectivity index (χ2v) is 5.47. The fourth-order valence-electron chi connectivity index (χ4n) is 2.07. The number of rotatable bonds is 4. The summed E-state index contributed by atoms with van der Waals surface area (Å²) in [4.78, 5) is 0. The molecule has 0 aliphatic carbocycles. The molecule has 0 bridgehead atoms. The van der Waals surface area contributed by atoms with Crippen LogP contribution in [-0.4, -0.2) is 10.2 Å². The van der Waals surface area contributed by atoms with E-state index in [1.54, 1.807) is 6.20 Å². The third kappa shape index (κ3) is 3.38. The van der Waals surface area contributed by atoms with Crippen molar-refractivity contribution in [2.24, 2.45) is 0 Å². The summed E-state index contributed by atoms with van der Waals surface area (Å²) in [6.45, 7) is 0.684. The Morgan fingerprint density at radius 3 is 2.67 bits per heavy atom. The maximum Gasteiger partial charge on any atom is 0.0650 e. The molecule has 21 heavy (non-hydrogen) atoms. The van der Waals surface area contributed by atoms with Crippen LogP contribution in [-0.2, 0) is 6.54 Å². The molecule has 2 aromatic carbocycles. The first kappa shape index (κ1) is 14.0. The molecule has 0 spiro atoms. The van der Waals surface area contributed by atoms with Crippen LogP contribution in [0.1, 0.15) is 5.56 Å². The van der Waals surface area contributed by atoms with E-state index in [0.717, 1.165) is 22.5 Å². The van der Waals surface area contributed by atoms with Gasteiger partial charge in [-0.05, 0) is 35.9 Å². The Kier molecular flexibility index (Phi) is 4.13. The zero-order valence-corrected chi connectivity index (χ0v) is 12.6. The Balaban J connectivity index is 1.73. The van der Waals surface area contributed by atoms with Gasteiger partial charge in [0.15, 0.2) is 0 Å². The highest BCUT2D eigenvalue weighted by Gasteiger charge is 2.02. The number of anilines is 1. The first-order valence-electron chi connectivity index (χ1n) is 6.50. The average Bonchev–Trinajstić information content (AvgIpc) is 3.03. The Morgan fingerprint density at radius 2 is 1.90 bits per heavy atom. The summed E-state index contributed by atoms with van der Waals surface area (Å²) in [6, 6.07) is 15.7. The SMILES string of the molecule is Clc1ccc(CNc2cccc(-c3ccn[nH]3)c2)cc1Cl. The maximum atomic E-state index is 6.02. The molecule has 1 heterocycles. The zero-order valence-electron chi connectivity index (χ0n) is 11.1. The van der Waals surface area contributed by atoms with E-state index in [1.807, 2.05) is 42.5 Å². The number of benzene rings is 2. The van der Waals surface area contributed by atoms with Crippen molar-refractivity contribution in [3.63, 3.8) is 0 Å². The van der Waals surface area contributed by atoms with Gasteiger partial charge in [0, 0.05) is 24.0 Å². The highest BCUT2D eigenvalue weighted by atomic mass is 35.5. The van der Waals surface area contributed by atoms with E-state index in [9.17, 15) is 0 Å². The van der Waals surface area contributed by atoms with Crippen LogP contribution in [0, 0.1) is 0 Å². The van der Waals surface area contributed by atoms with E-state index in [2.05, 4.69) is 21.6 Å². The van der Waals surface area contributed by atoms with Crippen LogP contribution in [0.2, 0.25) is 10.0 Å². The Morgan fingerprint density at radius 1 is 1.00 bits per heavy atom. The lowest BCUT2D eigenvalue weighted by atomic mass is 10.1. The van der Waals surface area contributed by atoms with Gasteiger partial charge in [-0.1, -0.05) is 41.4 Å². The number of hydrogen-bond donors (Lipinski definition) is 2. The van der Waals surface area contributed by atoms with Crippen LogP contribution in [0.15, 0.2) is 54.7 Å². The standard InChI is InChI=1S/C16H13Cl2N3/c17-14-5-4-11(8-15(14)18)10-19-13-3-1-2-12(9-13)16-6-7-20-21-16/h1-9,19H,10H2,(H,20,21). The van der Waals surface area contributed by atoms with Crippen LogP contribution in [0.4, 0.5) is 5.69 Å². The minimum absolute atomic E-state index is 0.571. The Bertz CT molecular complexity index is 739. The molecule has 0 saturated heterocycles. The van der Waals surface area contributed by atoms with Crippen molar-refractivity contribution >= 4 is 28.9 Å². The van der Waals surface area contributed by atoms with Gasteiger partial charge in [0.25, 0.3) is 0 Å². The van der Waals surface area contributed by atoms with E-state index < -0.39 is 0 Å². The van der Waals surface area contributed by atoms with Crippen molar-refractivity contribution in [1.29, 1.82) is 0 Å². The number of aromatic nitrogens is 2. The summed E-state index contributed by atoms with van der Waals surface area (Å²) in [7, 11) is 0. The summed E-state index contributed by atoms with van der Waals surface area (Å²) in [5.74, 6) is 0. The first-order valence-corrected chi connectivity index (χ1v) is 7.25. The van der Waals surface area contributed by atoms with Crippen LogP contribution in [0.25, 0.3) is 11.3 Å².